The molecule has 12 N–H and O–H groups in total. The van der Waals surface area contributed by atoms with Gasteiger partial charge >= 0.3 is 0 Å². The third-order valence-corrected chi connectivity index (χ3v) is 18.7. The van der Waals surface area contributed by atoms with Gasteiger partial charge in [-0.2, -0.15) is 0 Å². The number of nitrogens with one attached hydrogen (secondary N) is 1. The van der Waals surface area contributed by atoms with Crippen molar-refractivity contribution in [1.29, 1.82) is 0 Å². The number of carbonyl (C=O) groups excluding carboxylic acids is 1. The Kier molecular flexibility index (Phi) is 50.3. The summed E-state index contributed by atoms with van der Waals surface area (Å²) in [6.07, 6.45) is 38.3. The average Bonchev–Trinajstić information content (AvgIpc) is 0.830. The molecule has 0 radical (unpaired) electrons. The summed E-state index contributed by atoms with van der Waals surface area (Å²) in [6.45, 7) is 1.79. The lowest BCUT2D eigenvalue weighted by molar-refractivity contribution is -0.379. The van der Waals surface area contributed by atoms with Crippen LogP contribution in [0.2, 0.25) is 0 Å². The van der Waals surface area contributed by atoms with Gasteiger partial charge in [0.15, 0.2) is 18.9 Å². The summed E-state index contributed by atoms with van der Waals surface area (Å²) in [5.41, 5.74) is 0. The van der Waals surface area contributed by atoms with Gasteiger partial charge in [0.05, 0.1) is 38.6 Å². The average molecular weight is 1310 g/mol. The van der Waals surface area contributed by atoms with E-state index in [1.807, 2.05) is 0 Å². The van der Waals surface area contributed by atoms with Crippen molar-refractivity contribution in [2.45, 2.75) is 394 Å². The Balaban J connectivity index is 1.31. The van der Waals surface area contributed by atoms with Crippen molar-refractivity contribution in [1.82, 2.24) is 5.32 Å². The predicted molar refractivity (Wildman–Crippen MR) is 360 cm³/mol. The number of aliphatic hydroxyl groups is 11. The zero-order chi connectivity index (χ0) is 66.8. The fraction of sp³-hybridized carbons (Fsp3) is 0.904. The van der Waals surface area contributed by atoms with Crippen LogP contribution in [0.15, 0.2) is 36.5 Å². The molecule has 3 heterocycles. The van der Waals surface area contributed by atoms with Crippen LogP contribution in [-0.2, 0) is 33.2 Å². The summed E-state index contributed by atoms with van der Waals surface area (Å²) < 4.78 is 34.4. The van der Waals surface area contributed by atoms with E-state index in [1.165, 1.54) is 199 Å². The van der Waals surface area contributed by atoms with Crippen LogP contribution >= 0.6 is 0 Å². The molecule has 0 aromatic heterocycles. The zero-order valence-electron chi connectivity index (χ0n) is 57.3. The van der Waals surface area contributed by atoms with Crippen LogP contribution in [0.25, 0.3) is 0 Å². The van der Waals surface area contributed by atoms with Crippen molar-refractivity contribution in [2.24, 2.45) is 0 Å². The Bertz CT molecular complexity index is 1810. The molecule has 17 atom stereocenters. The third kappa shape index (κ3) is 36.0. The van der Waals surface area contributed by atoms with Crippen LogP contribution in [-0.4, -0.2) is 193 Å². The monoisotopic (exact) mass is 1310 g/mol. The minimum absolute atomic E-state index is 0.240. The topological polar surface area (TPSA) is 307 Å². The van der Waals surface area contributed by atoms with E-state index in [0.29, 0.717) is 12.8 Å². The summed E-state index contributed by atoms with van der Waals surface area (Å²) in [4.78, 5) is 13.4. The molecule has 1 amide bonds. The molecule has 3 fully saturated rings. The minimum Gasteiger partial charge on any atom is -0.394 e. The maximum atomic E-state index is 13.4. The van der Waals surface area contributed by atoms with Crippen LogP contribution in [0.4, 0.5) is 0 Å². The summed E-state index contributed by atoms with van der Waals surface area (Å²) in [5, 5.41) is 121. The molecule has 3 rings (SSSR count). The molecule has 3 aliphatic rings. The Morgan fingerprint density at radius 2 is 0.717 bits per heavy atom. The van der Waals surface area contributed by atoms with E-state index in [2.05, 4.69) is 55.6 Å². The van der Waals surface area contributed by atoms with Gasteiger partial charge in [0.1, 0.15) is 73.2 Å². The first-order chi connectivity index (χ1) is 44.8. The molecule has 3 saturated heterocycles. The number of carbonyl (C=O) groups is 1. The number of unbranched alkanes of at least 4 members (excludes halogenated alkanes) is 36. The zero-order valence-corrected chi connectivity index (χ0v) is 57.3. The molecule has 17 unspecified atom stereocenters. The maximum Gasteiger partial charge on any atom is 0.220 e. The number of rotatable bonds is 58. The first-order valence-corrected chi connectivity index (χ1v) is 37.2. The second-order valence-electron chi connectivity index (χ2n) is 26.8. The predicted octanol–water partition coefficient (Wildman–Crippen LogP) is 10.8. The quantitative estimate of drug-likeness (QED) is 0.0199. The molecule has 0 saturated carbocycles. The lowest BCUT2D eigenvalue weighted by Gasteiger charge is -2.48. The molecule has 3 aliphatic heterocycles. The van der Waals surface area contributed by atoms with Gasteiger partial charge in [-0.05, 0) is 51.4 Å². The number of allylic oxidation sites excluding steroid dienone is 6. The smallest absolute Gasteiger partial charge is 0.220 e. The first-order valence-electron chi connectivity index (χ1n) is 37.2. The SMILES string of the molecule is CCCCCCC/C=C\C/C=C\C/C=C\CCCCCCCCCCCCCCCCCCCCCCC(=O)NC(COC1OC(CO)C(OC2OC(CO)C(OC3OC(CO)C(O)C(O)C3O)C(O)C2O)C(O)C1O)C(O)CCCCCCCCCCCCCC. The van der Waals surface area contributed by atoms with Crippen molar-refractivity contribution in [3.05, 3.63) is 36.5 Å². The number of aliphatic hydroxyl groups excluding tert-OH is 11. The molecule has 92 heavy (non-hydrogen) atoms. The van der Waals surface area contributed by atoms with Gasteiger partial charge in [-0.3, -0.25) is 4.79 Å². The molecule has 0 aromatic carbocycles. The maximum absolute atomic E-state index is 13.4. The second kappa shape index (κ2) is 55.0. The molecule has 0 aromatic rings. The van der Waals surface area contributed by atoms with E-state index in [1.54, 1.807) is 0 Å². The fourth-order valence-electron chi connectivity index (χ4n) is 12.7. The van der Waals surface area contributed by atoms with Crippen molar-refractivity contribution in [3.63, 3.8) is 0 Å². The van der Waals surface area contributed by atoms with Crippen LogP contribution in [0.3, 0.4) is 0 Å². The lowest BCUT2D eigenvalue weighted by Crippen LogP contribution is -2.66. The van der Waals surface area contributed by atoms with Crippen molar-refractivity contribution >= 4 is 5.91 Å². The highest BCUT2D eigenvalue weighted by Gasteiger charge is 2.53. The van der Waals surface area contributed by atoms with E-state index >= 15 is 0 Å². The number of amides is 1. The first kappa shape index (κ1) is 84.2. The molecule has 540 valence electrons. The van der Waals surface area contributed by atoms with E-state index in [9.17, 15) is 61.0 Å². The van der Waals surface area contributed by atoms with Crippen molar-refractivity contribution < 1.29 is 89.4 Å². The van der Waals surface area contributed by atoms with E-state index < -0.39 is 124 Å². The Morgan fingerprint density at radius 3 is 1.12 bits per heavy atom. The highest BCUT2D eigenvalue weighted by Crippen LogP contribution is 2.33. The number of ether oxygens (including phenoxy) is 6. The molecular formula is C73H135NO18. The van der Waals surface area contributed by atoms with Crippen LogP contribution in [0.5, 0.6) is 0 Å². The third-order valence-electron chi connectivity index (χ3n) is 18.7. The normalized spacial score (nSPS) is 27.9. The van der Waals surface area contributed by atoms with E-state index in [0.717, 1.165) is 57.8 Å². The van der Waals surface area contributed by atoms with Gasteiger partial charge in [-0.1, -0.05) is 269 Å². The summed E-state index contributed by atoms with van der Waals surface area (Å²) >= 11 is 0. The second-order valence-corrected chi connectivity index (χ2v) is 26.8. The standard InChI is InChI=1S/C73H135NO18/c1-3-5-7-9-11-13-15-17-18-19-20-21-22-23-24-25-26-27-28-29-30-31-32-33-34-35-36-37-38-39-41-43-45-47-49-51-61(79)74-56(57(78)50-48-46-44-42-40-16-14-12-10-8-6-4-2)55-87-71-67(85)64(82)69(59(53-76)89-71)92-73-68(86)65(83)70(60(54-77)90-73)91-72-66(84)63(81)62(80)58(52-75)88-72/h15,17,19-20,22-23,56-60,62-73,75-78,80-86H,3-14,16,18,21,24-55H2,1-2H3,(H,74,79)/b17-15-,20-19-,23-22-. The van der Waals surface area contributed by atoms with Gasteiger partial charge in [-0.25, -0.2) is 0 Å². The van der Waals surface area contributed by atoms with Crippen LogP contribution < -0.4 is 5.32 Å². The number of hydrogen-bond acceptors (Lipinski definition) is 18. The summed E-state index contributed by atoms with van der Waals surface area (Å²) in [5.74, 6) is -0.240. The van der Waals surface area contributed by atoms with E-state index in [4.69, 9.17) is 28.4 Å². The molecule has 0 spiro atoms. The van der Waals surface area contributed by atoms with Gasteiger partial charge in [0.25, 0.3) is 0 Å². The Labute approximate surface area is 555 Å². The van der Waals surface area contributed by atoms with Crippen molar-refractivity contribution in [2.75, 3.05) is 26.4 Å². The number of hydrogen-bond donors (Lipinski definition) is 12. The fourth-order valence-corrected chi connectivity index (χ4v) is 12.7. The molecule has 0 bridgehead atoms. The minimum atomic E-state index is -1.97. The lowest BCUT2D eigenvalue weighted by atomic mass is 9.96. The van der Waals surface area contributed by atoms with Crippen LogP contribution in [0, 0.1) is 0 Å². The highest BCUT2D eigenvalue weighted by molar-refractivity contribution is 5.76. The van der Waals surface area contributed by atoms with Gasteiger partial charge in [0.2, 0.25) is 5.91 Å². The van der Waals surface area contributed by atoms with Crippen molar-refractivity contribution in [3.8, 4) is 0 Å². The largest absolute Gasteiger partial charge is 0.394 e. The Morgan fingerprint density at radius 1 is 0.391 bits per heavy atom. The molecule has 19 heteroatoms. The highest BCUT2D eigenvalue weighted by atomic mass is 16.8. The summed E-state index contributed by atoms with van der Waals surface area (Å²) in [6, 6.07) is -0.884. The van der Waals surface area contributed by atoms with E-state index in [-0.39, 0.29) is 18.9 Å². The molecule has 0 aliphatic carbocycles. The Hall–Kier alpha value is -1.99. The molecular weight excluding hydrogens is 1180 g/mol. The van der Waals surface area contributed by atoms with Gasteiger partial charge < -0.3 is 89.9 Å². The van der Waals surface area contributed by atoms with Gasteiger partial charge in [-0.15, -0.1) is 0 Å². The van der Waals surface area contributed by atoms with Crippen LogP contribution in [0.1, 0.15) is 290 Å². The summed E-state index contributed by atoms with van der Waals surface area (Å²) in [7, 11) is 0. The van der Waals surface area contributed by atoms with Gasteiger partial charge in [0, 0.05) is 6.42 Å². The molecule has 19 nitrogen and oxygen atoms in total.